The molecule has 0 saturated carbocycles. The molecule has 5 nitrogen and oxygen atoms in total. The summed E-state index contributed by atoms with van der Waals surface area (Å²) in [5.41, 5.74) is 0. The summed E-state index contributed by atoms with van der Waals surface area (Å²) in [5.74, 6) is -0.486. The minimum Gasteiger partial charge on any atom is -0.468 e. The lowest BCUT2D eigenvalue weighted by atomic mass is 9.99. The van der Waals surface area contributed by atoms with E-state index in [9.17, 15) is 4.79 Å². The molecule has 0 aromatic carbocycles. The molecule has 0 amide bonds. The van der Waals surface area contributed by atoms with Crippen molar-refractivity contribution in [3.05, 3.63) is 0 Å². The van der Waals surface area contributed by atoms with Crippen molar-refractivity contribution in [3.63, 3.8) is 0 Å². The average Bonchev–Trinajstić information content (AvgIpc) is 2.89. The Morgan fingerprint density at radius 1 is 1.32 bits per heavy atom. The molecule has 0 bridgehead atoms. The smallest absolute Gasteiger partial charge is 0.323 e. The third-order valence-electron chi connectivity index (χ3n) is 4.12. The fourth-order valence-corrected chi connectivity index (χ4v) is 2.95. The van der Waals surface area contributed by atoms with Crippen molar-refractivity contribution in [3.8, 4) is 0 Å². The van der Waals surface area contributed by atoms with Gasteiger partial charge in [0.05, 0.1) is 20.3 Å². The van der Waals surface area contributed by atoms with E-state index in [1.165, 1.54) is 7.11 Å². The lowest BCUT2D eigenvalue weighted by Gasteiger charge is -2.40. The van der Waals surface area contributed by atoms with Gasteiger partial charge in [0.25, 0.3) is 0 Å². The van der Waals surface area contributed by atoms with Crippen LogP contribution >= 0.6 is 0 Å². The summed E-state index contributed by atoms with van der Waals surface area (Å²) < 4.78 is 16.4. The lowest BCUT2D eigenvalue weighted by molar-refractivity contribution is -0.190. The molecule has 2 saturated heterocycles. The van der Waals surface area contributed by atoms with Crippen molar-refractivity contribution in [2.24, 2.45) is 0 Å². The molecule has 5 heteroatoms. The van der Waals surface area contributed by atoms with Crippen LogP contribution in [-0.4, -0.2) is 56.1 Å². The van der Waals surface area contributed by atoms with Gasteiger partial charge in [-0.1, -0.05) is 19.8 Å². The zero-order valence-electron chi connectivity index (χ0n) is 12.0. The summed E-state index contributed by atoms with van der Waals surface area (Å²) in [6, 6.07) is -0.108. The van der Waals surface area contributed by atoms with Gasteiger partial charge >= 0.3 is 5.97 Å². The Morgan fingerprint density at radius 3 is 2.47 bits per heavy atom. The van der Waals surface area contributed by atoms with Gasteiger partial charge in [0, 0.05) is 25.9 Å². The predicted molar refractivity (Wildman–Crippen MR) is 70.8 cm³/mol. The van der Waals surface area contributed by atoms with Gasteiger partial charge in [-0.15, -0.1) is 0 Å². The number of likely N-dealkylation sites (tertiary alicyclic amines) is 1. The summed E-state index contributed by atoms with van der Waals surface area (Å²) in [4.78, 5) is 14.1. The molecule has 2 aliphatic rings. The Labute approximate surface area is 115 Å². The summed E-state index contributed by atoms with van der Waals surface area (Å²) in [6.07, 6.45) is 4.70. The molecule has 1 spiro atoms. The molecular formula is C14H25NO4. The molecule has 19 heavy (non-hydrogen) atoms. The summed E-state index contributed by atoms with van der Waals surface area (Å²) in [6.45, 7) is 5.19. The molecule has 1 unspecified atom stereocenters. The topological polar surface area (TPSA) is 48.0 Å². The first-order valence-corrected chi connectivity index (χ1v) is 7.30. The summed E-state index contributed by atoms with van der Waals surface area (Å²) >= 11 is 0. The van der Waals surface area contributed by atoms with Gasteiger partial charge in [0.2, 0.25) is 0 Å². The van der Waals surface area contributed by atoms with Gasteiger partial charge in [-0.3, -0.25) is 9.69 Å². The zero-order valence-corrected chi connectivity index (χ0v) is 12.0. The van der Waals surface area contributed by atoms with Crippen LogP contribution in [0.25, 0.3) is 0 Å². The number of carbonyl (C=O) groups excluding carboxylic acids is 1. The molecule has 0 N–H and O–H groups in total. The molecule has 0 radical (unpaired) electrons. The quantitative estimate of drug-likeness (QED) is 0.710. The zero-order chi connectivity index (χ0) is 13.7. The number of piperidine rings is 1. The molecule has 2 rings (SSSR count). The van der Waals surface area contributed by atoms with Crippen LogP contribution < -0.4 is 0 Å². The van der Waals surface area contributed by atoms with E-state index in [0.717, 1.165) is 45.2 Å². The second-order valence-corrected chi connectivity index (χ2v) is 5.32. The number of esters is 1. The van der Waals surface area contributed by atoms with Gasteiger partial charge in [-0.25, -0.2) is 0 Å². The van der Waals surface area contributed by atoms with Gasteiger partial charge < -0.3 is 14.2 Å². The van der Waals surface area contributed by atoms with Crippen molar-refractivity contribution in [2.45, 2.75) is 50.9 Å². The van der Waals surface area contributed by atoms with Crippen LogP contribution in [-0.2, 0) is 19.0 Å². The molecule has 110 valence electrons. The number of nitrogens with zero attached hydrogens (tertiary/aromatic N) is 1. The lowest BCUT2D eigenvalue weighted by Crippen LogP contribution is -2.51. The maximum absolute atomic E-state index is 11.9. The van der Waals surface area contributed by atoms with Crippen LogP contribution in [0.15, 0.2) is 0 Å². The van der Waals surface area contributed by atoms with Crippen LogP contribution in [0.2, 0.25) is 0 Å². The number of ether oxygens (including phenoxy) is 3. The highest BCUT2D eigenvalue weighted by molar-refractivity contribution is 5.75. The monoisotopic (exact) mass is 271 g/mol. The van der Waals surface area contributed by atoms with Crippen LogP contribution in [0.5, 0.6) is 0 Å². The van der Waals surface area contributed by atoms with Crippen LogP contribution in [0.1, 0.15) is 39.0 Å². The normalized spacial score (nSPS) is 24.5. The standard InChI is InChI=1S/C14H25NO4/c1-3-4-5-12(13(16)17-2)15-8-6-14(7-9-15)18-10-11-19-14/h12H,3-11H2,1-2H3. The first kappa shape index (κ1) is 14.8. The molecule has 2 fully saturated rings. The number of unbranched alkanes of at least 4 members (excludes halogenated alkanes) is 1. The Balaban J connectivity index is 1.90. The van der Waals surface area contributed by atoms with E-state index in [2.05, 4.69) is 11.8 Å². The van der Waals surface area contributed by atoms with E-state index in [-0.39, 0.29) is 17.8 Å². The number of hydrogen-bond acceptors (Lipinski definition) is 5. The first-order chi connectivity index (χ1) is 9.21. The summed E-state index contributed by atoms with van der Waals surface area (Å²) in [5, 5.41) is 0. The van der Waals surface area contributed by atoms with Crippen molar-refractivity contribution >= 4 is 5.97 Å². The molecule has 0 aromatic rings. The van der Waals surface area contributed by atoms with E-state index in [1.54, 1.807) is 0 Å². The van der Waals surface area contributed by atoms with Crippen molar-refractivity contribution < 1.29 is 19.0 Å². The Hall–Kier alpha value is -0.650. The van der Waals surface area contributed by atoms with Crippen LogP contribution in [0.4, 0.5) is 0 Å². The third-order valence-corrected chi connectivity index (χ3v) is 4.12. The van der Waals surface area contributed by atoms with Crippen molar-refractivity contribution in [1.82, 2.24) is 4.90 Å². The van der Waals surface area contributed by atoms with E-state index in [0.29, 0.717) is 13.2 Å². The number of carbonyl (C=O) groups is 1. The summed E-state index contributed by atoms with van der Waals surface area (Å²) in [7, 11) is 1.47. The number of hydrogen-bond donors (Lipinski definition) is 0. The highest BCUT2D eigenvalue weighted by atomic mass is 16.7. The molecular weight excluding hydrogens is 246 g/mol. The molecule has 2 heterocycles. The SMILES string of the molecule is CCCCC(C(=O)OC)N1CCC2(CC1)OCCO2. The maximum Gasteiger partial charge on any atom is 0.323 e. The largest absolute Gasteiger partial charge is 0.468 e. The van der Waals surface area contributed by atoms with E-state index >= 15 is 0 Å². The highest BCUT2D eigenvalue weighted by Gasteiger charge is 2.42. The average molecular weight is 271 g/mol. The van der Waals surface area contributed by atoms with Gasteiger partial charge in [-0.2, -0.15) is 0 Å². The van der Waals surface area contributed by atoms with Crippen LogP contribution in [0.3, 0.4) is 0 Å². The van der Waals surface area contributed by atoms with Gasteiger partial charge in [-0.05, 0) is 6.42 Å². The fourth-order valence-electron chi connectivity index (χ4n) is 2.95. The van der Waals surface area contributed by atoms with Crippen molar-refractivity contribution in [1.29, 1.82) is 0 Å². The second-order valence-electron chi connectivity index (χ2n) is 5.32. The van der Waals surface area contributed by atoms with E-state index in [4.69, 9.17) is 14.2 Å². The Morgan fingerprint density at radius 2 is 1.95 bits per heavy atom. The minimum absolute atomic E-state index is 0.108. The maximum atomic E-state index is 11.9. The number of methoxy groups -OCH3 is 1. The van der Waals surface area contributed by atoms with Gasteiger partial charge in [0.1, 0.15) is 6.04 Å². The Bertz CT molecular complexity index is 292. The predicted octanol–water partition coefficient (Wildman–Crippen LogP) is 1.56. The Kier molecular flexibility index (Phi) is 5.19. The van der Waals surface area contributed by atoms with E-state index in [1.807, 2.05) is 0 Å². The molecule has 2 aliphatic heterocycles. The van der Waals surface area contributed by atoms with Gasteiger partial charge in [0.15, 0.2) is 5.79 Å². The van der Waals surface area contributed by atoms with Crippen LogP contribution in [0, 0.1) is 0 Å². The highest BCUT2D eigenvalue weighted by Crippen LogP contribution is 2.32. The van der Waals surface area contributed by atoms with Crippen molar-refractivity contribution in [2.75, 3.05) is 33.4 Å². The minimum atomic E-state index is -0.373. The molecule has 1 atom stereocenters. The van der Waals surface area contributed by atoms with E-state index < -0.39 is 0 Å². The fraction of sp³-hybridized carbons (Fsp3) is 0.929. The second kappa shape index (κ2) is 6.68. The first-order valence-electron chi connectivity index (χ1n) is 7.30. The molecule has 0 aliphatic carbocycles. The molecule has 0 aromatic heterocycles. The number of rotatable bonds is 5. The third kappa shape index (κ3) is 3.46.